The van der Waals surface area contributed by atoms with Crippen molar-refractivity contribution < 1.29 is 14.7 Å². The lowest BCUT2D eigenvalue weighted by Crippen LogP contribution is -2.45. The zero-order valence-electron chi connectivity index (χ0n) is 11.6. The van der Waals surface area contributed by atoms with Crippen LogP contribution < -0.4 is 5.32 Å². The van der Waals surface area contributed by atoms with Crippen molar-refractivity contribution in [2.75, 3.05) is 13.1 Å². The summed E-state index contributed by atoms with van der Waals surface area (Å²) in [5.74, 6) is 1.69. The van der Waals surface area contributed by atoms with Crippen LogP contribution >= 0.6 is 0 Å². The van der Waals surface area contributed by atoms with Crippen LogP contribution in [-0.4, -0.2) is 41.1 Å². The molecule has 1 saturated heterocycles. The van der Waals surface area contributed by atoms with Crippen LogP contribution in [-0.2, 0) is 4.79 Å². The highest BCUT2D eigenvalue weighted by molar-refractivity contribution is 5.80. The summed E-state index contributed by atoms with van der Waals surface area (Å²) in [6, 6.07) is -0.553. The molecule has 0 aromatic rings. The molecule has 1 aliphatic rings. The lowest BCUT2D eigenvalue weighted by molar-refractivity contribution is -0.148. The van der Waals surface area contributed by atoms with E-state index in [1.807, 2.05) is 13.8 Å². The zero-order chi connectivity index (χ0) is 14.5. The summed E-state index contributed by atoms with van der Waals surface area (Å²) in [4.78, 5) is 25.0. The zero-order valence-corrected chi connectivity index (χ0v) is 11.6. The van der Waals surface area contributed by atoms with Gasteiger partial charge in [-0.25, -0.2) is 4.79 Å². The standard InChI is InChI=1S/C14H22N2O3/c1-4-7-14(12(17)18)8-9-16(10-14)13(19)15-11(5-2)6-3/h2,11H,4,6-10H2,1,3H3,(H,15,19)(H,17,18). The quantitative estimate of drug-likeness (QED) is 0.744. The van der Waals surface area contributed by atoms with Crippen molar-refractivity contribution >= 4 is 12.0 Å². The first-order valence-electron chi connectivity index (χ1n) is 6.74. The molecule has 19 heavy (non-hydrogen) atoms. The van der Waals surface area contributed by atoms with Gasteiger partial charge in [-0.15, -0.1) is 6.42 Å². The Bertz CT molecular complexity index is 389. The molecule has 2 unspecified atom stereocenters. The van der Waals surface area contributed by atoms with Crippen LogP contribution in [0.2, 0.25) is 0 Å². The molecule has 2 amide bonds. The highest BCUT2D eigenvalue weighted by Gasteiger charge is 2.45. The maximum Gasteiger partial charge on any atom is 0.318 e. The van der Waals surface area contributed by atoms with Crippen molar-refractivity contribution in [3.8, 4) is 12.3 Å². The Morgan fingerprint density at radius 1 is 1.53 bits per heavy atom. The Labute approximate surface area is 114 Å². The molecule has 0 aliphatic carbocycles. The Morgan fingerprint density at radius 3 is 2.68 bits per heavy atom. The molecule has 0 aromatic heterocycles. The molecule has 0 aromatic carbocycles. The van der Waals surface area contributed by atoms with E-state index in [0.717, 1.165) is 6.42 Å². The predicted octanol–water partition coefficient (Wildman–Crippen LogP) is 1.68. The van der Waals surface area contributed by atoms with E-state index < -0.39 is 11.4 Å². The molecule has 5 heteroatoms. The second kappa shape index (κ2) is 6.46. The van der Waals surface area contributed by atoms with Crippen LogP contribution in [0.3, 0.4) is 0 Å². The number of terminal acetylenes is 1. The molecular formula is C14H22N2O3. The van der Waals surface area contributed by atoms with Crippen molar-refractivity contribution in [2.45, 2.75) is 45.6 Å². The number of nitrogens with zero attached hydrogens (tertiary/aromatic N) is 1. The topological polar surface area (TPSA) is 69.6 Å². The van der Waals surface area contributed by atoms with Gasteiger partial charge >= 0.3 is 12.0 Å². The maximum atomic E-state index is 12.0. The average molecular weight is 266 g/mol. The number of hydrogen-bond donors (Lipinski definition) is 2. The number of carboxylic acid groups (broad SMARTS) is 1. The van der Waals surface area contributed by atoms with Gasteiger partial charge in [-0.2, -0.15) is 0 Å². The largest absolute Gasteiger partial charge is 0.481 e. The first-order chi connectivity index (χ1) is 8.99. The fourth-order valence-corrected chi connectivity index (χ4v) is 2.51. The number of urea groups is 1. The van der Waals surface area contributed by atoms with Gasteiger partial charge in [-0.3, -0.25) is 4.79 Å². The van der Waals surface area contributed by atoms with Gasteiger partial charge in [0.1, 0.15) is 0 Å². The van der Waals surface area contributed by atoms with Crippen molar-refractivity contribution in [1.82, 2.24) is 10.2 Å². The number of rotatable bonds is 5. The molecule has 0 radical (unpaired) electrons. The Hall–Kier alpha value is -1.70. The van der Waals surface area contributed by atoms with Gasteiger partial charge in [-0.1, -0.05) is 26.2 Å². The molecule has 2 atom stereocenters. The van der Waals surface area contributed by atoms with Gasteiger partial charge in [0, 0.05) is 13.1 Å². The summed E-state index contributed by atoms with van der Waals surface area (Å²) in [6.45, 7) is 4.59. The second-order valence-electron chi connectivity index (χ2n) is 5.08. The van der Waals surface area contributed by atoms with Crippen LogP contribution in [0.25, 0.3) is 0 Å². The summed E-state index contributed by atoms with van der Waals surface area (Å²) >= 11 is 0. The van der Waals surface area contributed by atoms with Gasteiger partial charge in [0.15, 0.2) is 0 Å². The highest BCUT2D eigenvalue weighted by atomic mass is 16.4. The lowest BCUT2D eigenvalue weighted by Gasteiger charge is -2.25. The minimum Gasteiger partial charge on any atom is -0.481 e. The molecular weight excluding hydrogens is 244 g/mol. The van der Waals surface area contributed by atoms with E-state index in [9.17, 15) is 14.7 Å². The number of nitrogens with one attached hydrogen (secondary N) is 1. The number of likely N-dealkylation sites (tertiary alicyclic amines) is 1. The third kappa shape index (κ3) is 3.40. The van der Waals surface area contributed by atoms with Crippen LogP contribution in [0, 0.1) is 17.8 Å². The van der Waals surface area contributed by atoms with E-state index in [-0.39, 0.29) is 18.6 Å². The van der Waals surface area contributed by atoms with Gasteiger partial charge in [-0.05, 0) is 19.3 Å². The summed E-state index contributed by atoms with van der Waals surface area (Å²) in [5.41, 5.74) is -0.788. The first kappa shape index (κ1) is 15.4. The number of aliphatic carboxylic acids is 1. The van der Waals surface area contributed by atoms with Gasteiger partial charge in [0.05, 0.1) is 11.5 Å². The molecule has 0 bridgehead atoms. The summed E-state index contributed by atoms with van der Waals surface area (Å²) in [6.07, 6.45) is 7.87. The Kier molecular flexibility index (Phi) is 5.22. The van der Waals surface area contributed by atoms with Crippen molar-refractivity contribution in [1.29, 1.82) is 0 Å². The fraction of sp³-hybridized carbons (Fsp3) is 0.714. The summed E-state index contributed by atoms with van der Waals surface area (Å²) in [7, 11) is 0. The number of carboxylic acids is 1. The Balaban J connectivity index is 2.67. The summed E-state index contributed by atoms with van der Waals surface area (Å²) in [5, 5.41) is 12.1. The van der Waals surface area contributed by atoms with Crippen LogP contribution in [0.15, 0.2) is 0 Å². The highest BCUT2D eigenvalue weighted by Crippen LogP contribution is 2.35. The second-order valence-corrected chi connectivity index (χ2v) is 5.08. The van der Waals surface area contributed by atoms with Gasteiger partial charge in [0.25, 0.3) is 0 Å². The van der Waals surface area contributed by atoms with Crippen molar-refractivity contribution in [3.05, 3.63) is 0 Å². The smallest absolute Gasteiger partial charge is 0.318 e. The minimum atomic E-state index is -0.811. The molecule has 106 valence electrons. The normalized spacial score (nSPS) is 23.7. The molecule has 2 N–H and O–H groups in total. The number of hydrogen-bond acceptors (Lipinski definition) is 2. The van der Waals surface area contributed by atoms with Gasteiger partial charge < -0.3 is 15.3 Å². The number of amides is 2. The fourth-order valence-electron chi connectivity index (χ4n) is 2.51. The average Bonchev–Trinajstić information content (AvgIpc) is 2.82. The number of carbonyl (C=O) groups excluding carboxylic acids is 1. The van der Waals surface area contributed by atoms with Crippen molar-refractivity contribution in [3.63, 3.8) is 0 Å². The molecule has 0 spiro atoms. The van der Waals surface area contributed by atoms with Crippen LogP contribution in [0.1, 0.15) is 39.5 Å². The molecule has 1 heterocycles. The number of carbonyl (C=O) groups is 2. The third-order valence-corrected chi connectivity index (χ3v) is 3.73. The Morgan fingerprint density at radius 2 is 2.21 bits per heavy atom. The molecule has 1 aliphatic heterocycles. The maximum absolute atomic E-state index is 12.0. The van der Waals surface area contributed by atoms with E-state index in [0.29, 0.717) is 25.8 Å². The third-order valence-electron chi connectivity index (χ3n) is 3.73. The van der Waals surface area contributed by atoms with E-state index in [1.165, 1.54) is 0 Å². The SMILES string of the molecule is C#CC(CC)NC(=O)N1CCC(CCC)(C(=O)O)C1. The van der Waals surface area contributed by atoms with E-state index >= 15 is 0 Å². The molecule has 1 rings (SSSR count). The first-order valence-corrected chi connectivity index (χ1v) is 6.74. The van der Waals surface area contributed by atoms with Gasteiger partial charge in [0.2, 0.25) is 0 Å². The van der Waals surface area contributed by atoms with E-state index in [2.05, 4.69) is 11.2 Å². The molecule has 0 saturated carbocycles. The lowest BCUT2D eigenvalue weighted by atomic mass is 9.83. The molecule has 1 fully saturated rings. The minimum absolute atomic E-state index is 0.260. The predicted molar refractivity (Wildman–Crippen MR) is 72.6 cm³/mol. The van der Waals surface area contributed by atoms with Crippen LogP contribution in [0.4, 0.5) is 4.79 Å². The van der Waals surface area contributed by atoms with E-state index in [4.69, 9.17) is 6.42 Å². The van der Waals surface area contributed by atoms with E-state index in [1.54, 1.807) is 4.90 Å². The summed E-state index contributed by atoms with van der Waals surface area (Å²) < 4.78 is 0. The monoisotopic (exact) mass is 266 g/mol. The van der Waals surface area contributed by atoms with Crippen LogP contribution in [0.5, 0.6) is 0 Å². The van der Waals surface area contributed by atoms with Crippen molar-refractivity contribution in [2.24, 2.45) is 5.41 Å². The molecule has 5 nitrogen and oxygen atoms in total.